The molecule has 2 amide bonds. The van der Waals surface area contributed by atoms with Crippen LogP contribution in [-0.2, 0) is 16.0 Å². The molecule has 11 nitrogen and oxygen atoms in total. The monoisotopic (exact) mass is 638 g/mol. The van der Waals surface area contributed by atoms with Crippen LogP contribution in [0.1, 0.15) is 40.2 Å². The first-order valence-corrected chi connectivity index (χ1v) is 15.6. The number of hydrogen-bond acceptors (Lipinski definition) is 10. The quantitative estimate of drug-likeness (QED) is 0.182. The van der Waals surface area contributed by atoms with E-state index in [4.69, 9.17) is 14.2 Å². The Morgan fingerprint density at radius 2 is 1.69 bits per heavy atom. The number of aliphatic hydroxyl groups excluding tert-OH is 2. The molecular formula is C33H42N4O7S. The number of ether oxygens (including phenoxy) is 3. The Hall–Kier alpha value is -3.97. The first-order valence-electron chi connectivity index (χ1n) is 14.7. The summed E-state index contributed by atoms with van der Waals surface area (Å²) in [6.07, 6.45) is -0.823. The fraction of sp³-hybridized carbons (Fsp3) is 0.394. The van der Waals surface area contributed by atoms with Crippen molar-refractivity contribution in [2.75, 3.05) is 29.2 Å². The Balaban J connectivity index is 1.44. The van der Waals surface area contributed by atoms with Crippen molar-refractivity contribution in [3.05, 3.63) is 72.3 Å². The predicted molar refractivity (Wildman–Crippen MR) is 177 cm³/mol. The standard InChI is InChI=1S/C33H42N4O7S/c1-20(2)34-22-8-7-9-24(17-22)43-25-14-15-26(27(18-25)37(6)32(41)44-33(3,4)5)35-29(38)19-42-23-12-10-21(11-13-23)16-28-30(39)36-31(40)45-28/h7-15,17-18,20,28,30-31,34,36,39-40H,16,19H2,1-6H3,(H,35,38). The fourth-order valence-corrected chi connectivity index (χ4v) is 5.55. The van der Waals surface area contributed by atoms with E-state index in [1.54, 1.807) is 58.2 Å². The molecule has 3 aromatic carbocycles. The van der Waals surface area contributed by atoms with Crippen LogP contribution in [0.25, 0.3) is 0 Å². The van der Waals surface area contributed by atoms with Crippen molar-refractivity contribution in [3.8, 4) is 17.2 Å². The fourth-order valence-electron chi connectivity index (χ4n) is 4.49. The molecule has 0 radical (unpaired) electrons. The normalized spacial score (nSPS) is 17.9. The zero-order chi connectivity index (χ0) is 32.7. The second-order valence-electron chi connectivity index (χ2n) is 12.0. The molecule has 1 aliphatic heterocycles. The molecule has 0 saturated carbocycles. The molecule has 3 unspecified atom stereocenters. The number of nitrogens with zero attached hydrogens (tertiary/aromatic N) is 1. The van der Waals surface area contributed by atoms with E-state index in [1.807, 2.05) is 36.4 Å². The molecule has 1 heterocycles. The van der Waals surface area contributed by atoms with E-state index in [-0.39, 0.29) is 17.9 Å². The van der Waals surface area contributed by atoms with Gasteiger partial charge in [-0.05, 0) is 83.0 Å². The molecule has 242 valence electrons. The number of thioether (sulfide) groups is 1. The number of amides is 2. The van der Waals surface area contributed by atoms with Crippen molar-refractivity contribution in [2.45, 2.75) is 69.7 Å². The third-order valence-electron chi connectivity index (χ3n) is 6.50. The van der Waals surface area contributed by atoms with Crippen molar-refractivity contribution in [2.24, 2.45) is 0 Å². The van der Waals surface area contributed by atoms with E-state index in [0.29, 0.717) is 35.0 Å². The highest BCUT2D eigenvalue weighted by atomic mass is 32.2. The first kappa shape index (κ1) is 33.9. The number of rotatable bonds is 11. The van der Waals surface area contributed by atoms with Crippen LogP contribution in [0.2, 0.25) is 0 Å². The van der Waals surface area contributed by atoms with Gasteiger partial charge in [-0.1, -0.05) is 18.2 Å². The van der Waals surface area contributed by atoms with E-state index in [0.717, 1.165) is 11.3 Å². The lowest BCUT2D eigenvalue weighted by atomic mass is 10.1. The highest BCUT2D eigenvalue weighted by molar-refractivity contribution is 8.00. The second-order valence-corrected chi connectivity index (χ2v) is 13.3. The summed E-state index contributed by atoms with van der Waals surface area (Å²) in [5, 5.41) is 28.3. The van der Waals surface area contributed by atoms with Crippen LogP contribution in [0.5, 0.6) is 17.2 Å². The van der Waals surface area contributed by atoms with Crippen LogP contribution in [0.15, 0.2) is 66.7 Å². The third kappa shape index (κ3) is 10.3. The Labute approximate surface area is 268 Å². The molecule has 3 atom stereocenters. The second kappa shape index (κ2) is 14.9. The van der Waals surface area contributed by atoms with Crippen LogP contribution in [0.3, 0.4) is 0 Å². The summed E-state index contributed by atoms with van der Waals surface area (Å²) in [6, 6.07) is 20.0. The highest BCUT2D eigenvalue weighted by Crippen LogP contribution is 2.34. The number of carbonyl (C=O) groups is 2. The first-order chi connectivity index (χ1) is 21.3. The Kier molecular flexibility index (Phi) is 11.2. The van der Waals surface area contributed by atoms with Gasteiger partial charge in [-0.2, -0.15) is 0 Å². The lowest BCUT2D eigenvalue weighted by molar-refractivity contribution is -0.118. The van der Waals surface area contributed by atoms with Gasteiger partial charge in [-0.3, -0.25) is 15.0 Å². The summed E-state index contributed by atoms with van der Waals surface area (Å²) in [7, 11) is 1.56. The van der Waals surface area contributed by atoms with Gasteiger partial charge in [0, 0.05) is 30.9 Å². The van der Waals surface area contributed by atoms with Crippen molar-refractivity contribution in [1.82, 2.24) is 5.32 Å². The van der Waals surface area contributed by atoms with Gasteiger partial charge >= 0.3 is 6.09 Å². The number of aliphatic hydroxyl groups is 2. The molecule has 1 saturated heterocycles. The number of benzene rings is 3. The highest BCUT2D eigenvalue weighted by Gasteiger charge is 2.31. The smallest absolute Gasteiger partial charge is 0.414 e. The van der Waals surface area contributed by atoms with Crippen molar-refractivity contribution in [3.63, 3.8) is 0 Å². The molecule has 1 fully saturated rings. The lowest BCUT2D eigenvalue weighted by Gasteiger charge is -2.26. The molecule has 0 aliphatic carbocycles. The maximum Gasteiger partial charge on any atom is 0.414 e. The molecule has 1 aliphatic rings. The average molecular weight is 639 g/mol. The van der Waals surface area contributed by atoms with Crippen LogP contribution in [-0.4, -0.2) is 64.5 Å². The van der Waals surface area contributed by atoms with Crippen LogP contribution in [0.4, 0.5) is 21.9 Å². The molecule has 0 bridgehead atoms. The van der Waals surface area contributed by atoms with Crippen molar-refractivity contribution < 1.29 is 34.0 Å². The average Bonchev–Trinajstić information content (AvgIpc) is 3.27. The zero-order valence-corrected chi connectivity index (χ0v) is 27.2. The minimum Gasteiger partial charge on any atom is -0.484 e. The number of anilines is 3. The van der Waals surface area contributed by atoms with Crippen LogP contribution in [0, 0.1) is 0 Å². The van der Waals surface area contributed by atoms with E-state index in [9.17, 15) is 19.8 Å². The summed E-state index contributed by atoms with van der Waals surface area (Å²) in [6.45, 7) is 9.17. The van der Waals surface area contributed by atoms with E-state index < -0.39 is 29.4 Å². The topological polar surface area (TPSA) is 142 Å². The number of nitrogens with one attached hydrogen (secondary N) is 3. The molecule has 0 aromatic heterocycles. The van der Waals surface area contributed by atoms with Gasteiger partial charge in [0.05, 0.1) is 16.6 Å². The summed E-state index contributed by atoms with van der Waals surface area (Å²) in [4.78, 5) is 27.3. The Morgan fingerprint density at radius 1 is 1.00 bits per heavy atom. The Bertz CT molecular complexity index is 1460. The molecule has 5 N–H and O–H groups in total. The van der Waals surface area contributed by atoms with Crippen LogP contribution >= 0.6 is 11.8 Å². The molecule has 12 heteroatoms. The maximum atomic E-state index is 13.0. The van der Waals surface area contributed by atoms with Gasteiger partial charge in [0.15, 0.2) is 12.2 Å². The maximum absolute atomic E-state index is 13.0. The van der Waals surface area contributed by atoms with E-state index in [2.05, 4.69) is 29.8 Å². The minimum atomic E-state index is -0.789. The predicted octanol–water partition coefficient (Wildman–Crippen LogP) is 5.53. The molecule has 0 spiro atoms. The molecule has 45 heavy (non-hydrogen) atoms. The summed E-state index contributed by atoms with van der Waals surface area (Å²) in [5.74, 6) is 1.14. The van der Waals surface area contributed by atoms with Crippen LogP contribution < -0.4 is 30.3 Å². The molecule has 4 rings (SSSR count). The third-order valence-corrected chi connectivity index (χ3v) is 7.66. The van der Waals surface area contributed by atoms with E-state index in [1.165, 1.54) is 16.7 Å². The van der Waals surface area contributed by atoms with Gasteiger partial charge in [0.25, 0.3) is 5.91 Å². The summed E-state index contributed by atoms with van der Waals surface area (Å²) >= 11 is 1.27. The van der Waals surface area contributed by atoms with Gasteiger partial charge in [-0.25, -0.2) is 4.79 Å². The summed E-state index contributed by atoms with van der Waals surface area (Å²) in [5.41, 5.74) is 1.11. The number of hydrogen-bond donors (Lipinski definition) is 5. The van der Waals surface area contributed by atoms with Gasteiger partial charge < -0.3 is 35.1 Å². The van der Waals surface area contributed by atoms with Gasteiger partial charge in [-0.15, -0.1) is 11.8 Å². The minimum absolute atomic E-state index is 0.172. The molecular weight excluding hydrogens is 596 g/mol. The zero-order valence-electron chi connectivity index (χ0n) is 26.4. The van der Waals surface area contributed by atoms with E-state index >= 15 is 0 Å². The summed E-state index contributed by atoms with van der Waals surface area (Å²) < 4.78 is 17.4. The lowest BCUT2D eigenvalue weighted by Crippen LogP contribution is -2.34. The largest absolute Gasteiger partial charge is 0.484 e. The Morgan fingerprint density at radius 3 is 2.33 bits per heavy atom. The molecule has 3 aromatic rings. The van der Waals surface area contributed by atoms with Crippen molar-refractivity contribution >= 4 is 40.8 Å². The SMILES string of the molecule is CC(C)Nc1cccc(Oc2ccc(NC(=O)COc3ccc(CC4SC(O)NC4O)cc3)c(N(C)C(=O)OC(C)(C)C)c2)c1. The van der Waals surface area contributed by atoms with Gasteiger partial charge in [0.2, 0.25) is 0 Å². The van der Waals surface area contributed by atoms with Crippen molar-refractivity contribution in [1.29, 1.82) is 0 Å². The van der Waals surface area contributed by atoms with Gasteiger partial charge in [0.1, 0.15) is 29.1 Å². The number of carbonyl (C=O) groups excluding carboxylic acids is 2.